The number of nitrogens with one attached hydrogen (secondary N) is 1. The smallest absolute Gasteiger partial charge is 0.126 e. The standard InChI is InChI=1S/C28H41N3O2/c1-18(31-26-9-4-19(15-29)16-30-26)24-7-8-25-23-6-5-20-14-28(32,17-33-3)13-11-21(20)22(23)10-12-27(24,25)2/h4,9,16,18,20-25,32H,5-8,10-14,17H2,1-3H3,(H,30,31)/t18-,20-,21+,22-,23-,24-,25+,27-,28-/m1/s1. The van der Waals surface area contributed by atoms with Crippen LogP contribution in [0.15, 0.2) is 18.3 Å². The Morgan fingerprint density at radius 2 is 1.97 bits per heavy atom. The first-order valence-electron chi connectivity index (χ1n) is 13.2. The molecule has 0 amide bonds. The van der Waals surface area contributed by atoms with Crippen LogP contribution in [0.5, 0.6) is 0 Å². The molecule has 2 N–H and O–H groups in total. The van der Waals surface area contributed by atoms with Crippen LogP contribution >= 0.6 is 0 Å². The maximum Gasteiger partial charge on any atom is 0.126 e. The van der Waals surface area contributed by atoms with Gasteiger partial charge >= 0.3 is 0 Å². The third-order valence-corrected chi connectivity index (χ3v) is 10.5. The van der Waals surface area contributed by atoms with Gasteiger partial charge in [0.05, 0.1) is 17.8 Å². The van der Waals surface area contributed by atoms with Gasteiger partial charge in [-0.05, 0) is 118 Å². The van der Waals surface area contributed by atoms with Gasteiger partial charge in [0, 0.05) is 19.3 Å². The number of anilines is 1. The quantitative estimate of drug-likeness (QED) is 0.627. The molecule has 1 aromatic heterocycles. The molecule has 4 saturated carbocycles. The molecule has 5 nitrogen and oxygen atoms in total. The molecule has 0 radical (unpaired) electrons. The highest BCUT2D eigenvalue weighted by molar-refractivity contribution is 5.40. The van der Waals surface area contributed by atoms with Crippen molar-refractivity contribution in [3.8, 4) is 6.07 Å². The molecular formula is C28H41N3O2. The summed E-state index contributed by atoms with van der Waals surface area (Å²) in [6, 6.07) is 6.32. The minimum absolute atomic E-state index is 0.382. The second-order valence-corrected chi connectivity index (χ2v) is 12.0. The van der Waals surface area contributed by atoms with Crippen molar-refractivity contribution in [2.24, 2.45) is 40.9 Å². The van der Waals surface area contributed by atoms with Crippen LogP contribution in [0.2, 0.25) is 0 Å². The highest BCUT2D eigenvalue weighted by Gasteiger charge is 2.58. The molecule has 0 unspecified atom stereocenters. The summed E-state index contributed by atoms with van der Waals surface area (Å²) in [5, 5.41) is 23.7. The highest BCUT2D eigenvalue weighted by atomic mass is 16.5. The highest BCUT2D eigenvalue weighted by Crippen LogP contribution is 2.65. The van der Waals surface area contributed by atoms with Crippen LogP contribution in [0.1, 0.15) is 77.2 Å². The van der Waals surface area contributed by atoms with E-state index >= 15 is 0 Å². The lowest BCUT2D eigenvalue weighted by molar-refractivity contribution is -0.124. The summed E-state index contributed by atoms with van der Waals surface area (Å²) in [4.78, 5) is 4.46. The first kappa shape index (κ1) is 23.1. The number of rotatable bonds is 5. The van der Waals surface area contributed by atoms with Gasteiger partial charge in [-0.2, -0.15) is 5.26 Å². The number of methoxy groups -OCH3 is 1. The zero-order chi connectivity index (χ0) is 23.2. The van der Waals surface area contributed by atoms with Crippen LogP contribution in [-0.4, -0.2) is 35.5 Å². The molecule has 5 heteroatoms. The lowest BCUT2D eigenvalue weighted by Gasteiger charge is -2.57. The van der Waals surface area contributed by atoms with E-state index in [1.54, 1.807) is 13.3 Å². The van der Waals surface area contributed by atoms with E-state index in [-0.39, 0.29) is 0 Å². The van der Waals surface area contributed by atoms with Crippen molar-refractivity contribution in [1.82, 2.24) is 4.98 Å². The van der Waals surface area contributed by atoms with Crippen LogP contribution in [-0.2, 0) is 4.74 Å². The van der Waals surface area contributed by atoms with Gasteiger partial charge in [-0.15, -0.1) is 0 Å². The molecule has 33 heavy (non-hydrogen) atoms. The van der Waals surface area contributed by atoms with Crippen molar-refractivity contribution >= 4 is 5.82 Å². The number of ether oxygens (including phenoxy) is 1. The maximum absolute atomic E-state index is 11.0. The van der Waals surface area contributed by atoms with Gasteiger partial charge in [0.25, 0.3) is 0 Å². The van der Waals surface area contributed by atoms with E-state index < -0.39 is 5.60 Å². The van der Waals surface area contributed by atoms with Crippen LogP contribution in [0.4, 0.5) is 5.82 Å². The van der Waals surface area contributed by atoms with Crippen molar-refractivity contribution in [3.05, 3.63) is 23.9 Å². The fraction of sp³-hybridized carbons (Fsp3) is 0.786. The molecule has 4 aliphatic carbocycles. The van der Waals surface area contributed by atoms with Crippen molar-refractivity contribution in [1.29, 1.82) is 5.26 Å². The van der Waals surface area contributed by atoms with Crippen LogP contribution in [0.25, 0.3) is 0 Å². The third kappa shape index (κ3) is 4.08. The number of nitriles is 1. The Hall–Kier alpha value is -1.64. The second kappa shape index (κ2) is 8.86. The average Bonchev–Trinajstić information content (AvgIpc) is 3.16. The number of pyridine rings is 1. The normalized spacial score (nSPS) is 43.0. The fourth-order valence-electron chi connectivity index (χ4n) is 9.10. The number of aromatic nitrogens is 1. The van der Waals surface area contributed by atoms with Gasteiger partial charge in [0.1, 0.15) is 11.9 Å². The van der Waals surface area contributed by atoms with Gasteiger partial charge in [-0.25, -0.2) is 4.98 Å². The summed E-state index contributed by atoms with van der Waals surface area (Å²) in [7, 11) is 1.71. The monoisotopic (exact) mass is 451 g/mol. The SMILES string of the molecule is COC[C@@]1(O)CC[C@H]2[C@H](CC[C@@H]3[C@@H]2CC[C@]2(C)[C@@H]([C@@H](C)Nc4ccc(C#N)cn4)CC[C@@H]32)C1. The molecular weight excluding hydrogens is 410 g/mol. The molecule has 0 spiro atoms. The first-order chi connectivity index (χ1) is 15.9. The molecule has 1 aromatic rings. The van der Waals surface area contributed by atoms with Crippen LogP contribution in [0.3, 0.4) is 0 Å². The topological polar surface area (TPSA) is 78.2 Å². The van der Waals surface area contributed by atoms with E-state index in [9.17, 15) is 5.11 Å². The van der Waals surface area contributed by atoms with Gasteiger partial charge < -0.3 is 15.2 Å². The Labute approximate surface area is 199 Å². The Balaban J connectivity index is 1.27. The Kier molecular flexibility index (Phi) is 6.20. The van der Waals surface area contributed by atoms with E-state index in [1.807, 2.05) is 12.1 Å². The number of aliphatic hydroxyl groups is 1. The summed E-state index contributed by atoms with van der Waals surface area (Å²) >= 11 is 0. The zero-order valence-corrected chi connectivity index (χ0v) is 20.6. The summed E-state index contributed by atoms with van der Waals surface area (Å²) < 4.78 is 5.35. The molecule has 1 heterocycles. The molecule has 5 rings (SSSR count). The molecule has 9 atom stereocenters. The van der Waals surface area contributed by atoms with E-state index in [2.05, 4.69) is 30.2 Å². The van der Waals surface area contributed by atoms with Gasteiger partial charge in [-0.1, -0.05) is 6.92 Å². The largest absolute Gasteiger partial charge is 0.387 e. The van der Waals surface area contributed by atoms with Crippen molar-refractivity contribution in [2.75, 3.05) is 19.0 Å². The average molecular weight is 452 g/mol. The van der Waals surface area contributed by atoms with Crippen LogP contribution in [0, 0.1) is 52.3 Å². The molecule has 4 aliphatic rings. The van der Waals surface area contributed by atoms with E-state index in [4.69, 9.17) is 10.00 Å². The van der Waals surface area contributed by atoms with E-state index in [0.717, 1.165) is 42.3 Å². The van der Waals surface area contributed by atoms with E-state index in [1.165, 1.54) is 44.9 Å². The minimum Gasteiger partial charge on any atom is -0.387 e. The summed E-state index contributed by atoms with van der Waals surface area (Å²) in [6.07, 6.45) is 12.7. The van der Waals surface area contributed by atoms with Gasteiger partial charge in [-0.3, -0.25) is 0 Å². The third-order valence-electron chi connectivity index (χ3n) is 10.5. The molecule has 180 valence electrons. The summed E-state index contributed by atoms with van der Waals surface area (Å²) in [5.41, 5.74) is 0.419. The minimum atomic E-state index is -0.592. The van der Waals surface area contributed by atoms with Gasteiger partial charge in [0.2, 0.25) is 0 Å². The van der Waals surface area contributed by atoms with Gasteiger partial charge in [0.15, 0.2) is 0 Å². The van der Waals surface area contributed by atoms with Crippen molar-refractivity contribution < 1.29 is 9.84 Å². The molecule has 4 fully saturated rings. The molecule has 0 aromatic carbocycles. The Morgan fingerprint density at radius 1 is 1.15 bits per heavy atom. The van der Waals surface area contributed by atoms with Crippen molar-refractivity contribution in [2.45, 2.75) is 83.3 Å². The Morgan fingerprint density at radius 3 is 2.70 bits per heavy atom. The van der Waals surface area contributed by atoms with Crippen molar-refractivity contribution in [3.63, 3.8) is 0 Å². The predicted molar refractivity (Wildman–Crippen MR) is 129 cm³/mol. The number of nitrogens with zero attached hydrogens (tertiary/aromatic N) is 2. The maximum atomic E-state index is 11.0. The Bertz CT molecular complexity index is 882. The fourth-order valence-corrected chi connectivity index (χ4v) is 9.10. The number of hydrogen-bond acceptors (Lipinski definition) is 5. The first-order valence-corrected chi connectivity index (χ1v) is 13.2. The lowest BCUT2D eigenvalue weighted by Crippen LogP contribution is -2.52. The molecule has 0 saturated heterocycles. The van der Waals surface area contributed by atoms with E-state index in [0.29, 0.717) is 35.5 Å². The van der Waals surface area contributed by atoms with Crippen LogP contribution < -0.4 is 5.32 Å². The zero-order valence-electron chi connectivity index (χ0n) is 20.6. The predicted octanol–water partition coefficient (Wildman–Crippen LogP) is 5.40. The summed E-state index contributed by atoms with van der Waals surface area (Å²) in [5.74, 6) is 5.60. The second-order valence-electron chi connectivity index (χ2n) is 12.0. The number of hydrogen-bond donors (Lipinski definition) is 2. The molecule has 0 bridgehead atoms. The molecule has 0 aliphatic heterocycles. The summed E-state index contributed by atoms with van der Waals surface area (Å²) in [6.45, 7) is 5.41. The lowest BCUT2D eigenvalue weighted by atomic mass is 9.48. The number of fused-ring (bicyclic) bond motifs is 5.